The third-order valence-electron chi connectivity index (χ3n) is 2.77. The van der Waals surface area contributed by atoms with E-state index in [-0.39, 0.29) is 12.3 Å². The molecule has 0 heterocycles. The van der Waals surface area contributed by atoms with Gasteiger partial charge >= 0.3 is 0 Å². The minimum atomic E-state index is -0.288. The fourth-order valence-electron chi connectivity index (χ4n) is 1.89. The third-order valence-corrected chi connectivity index (χ3v) is 2.77. The van der Waals surface area contributed by atoms with E-state index in [0.29, 0.717) is 0 Å². The van der Waals surface area contributed by atoms with Crippen LogP contribution in [0.4, 0.5) is 5.69 Å². The van der Waals surface area contributed by atoms with E-state index in [1.165, 1.54) is 0 Å². The topological polar surface area (TPSA) is 52.9 Å². The molecular formula is C16H14N2O. The van der Waals surface area contributed by atoms with Crippen LogP contribution in [0.1, 0.15) is 12.0 Å². The van der Waals surface area contributed by atoms with E-state index < -0.39 is 0 Å². The minimum absolute atomic E-state index is 0.137. The third kappa shape index (κ3) is 3.20. The largest absolute Gasteiger partial charge is 0.325 e. The van der Waals surface area contributed by atoms with Crippen molar-refractivity contribution >= 4 is 11.6 Å². The van der Waals surface area contributed by atoms with Gasteiger partial charge in [-0.2, -0.15) is 5.26 Å². The number of carbonyl (C=O) groups excluding carboxylic acids is 1. The standard InChI is InChI=1S/C16H14N2O/c1-12-7-8-15(18-16(19)9-10-17)14(11-12)13-5-3-2-4-6-13/h2-8,11H,9H2,1H3,(H,18,19). The molecule has 2 aromatic rings. The molecule has 3 heteroatoms. The van der Waals surface area contributed by atoms with Gasteiger partial charge in [-0.15, -0.1) is 0 Å². The molecule has 0 spiro atoms. The van der Waals surface area contributed by atoms with Crippen LogP contribution in [0.15, 0.2) is 48.5 Å². The fourth-order valence-corrected chi connectivity index (χ4v) is 1.89. The van der Waals surface area contributed by atoms with Gasteiger partial charge in [0.2, 0.25) is 5.91 Å². The summed E-state index contributed by atoms with van der Waals surface area (Å²) in [4.78, 5) is 11.5. The molecule has 0 bridgehead atoms. The average molecular weight is 250 g/mol. The fraction of sp³-hybridized carbons (Fsp3) is 0.125. The summed E-state index contributed by atoms with van der Waals surface area (Å²) >= 11 is 0. The normalized spacial score (nSPS) is 9.68. The van der Waals surface area contributed by atoms with E-state index in [4.69, 9.17) is 5.26 Å². The molecule has 0 unspecified atom stereocenters. The maximum Gasteiger partial charge on any atom is 0.238 e. The molecule has 1 amide bonds. The Morgan fingerprint density at radius 3 is 2.63 bits per heavy atom. The molecule has 2 rings (SSSR count). The van der Waals surface area contributed by atoms with Gasteiger partial charge in [0, 0.05) is 11.3 Å². The number of rotatable bonds is 3. The van der Waals surface area contributed by atoms with E-state index in [9.17, 15) is 4.79 Å². The van der Waals surface area contributed by atoms with Crippen molar-refractivity contribution in [3.63, 3.8) is 0 Å². The summed E-state index contributed by atoms with van der Waals surface area (Å²) < 4.78 is 0. The summed E-state index contributed by atoms with van der Waals surface area (Å²) in [6.07, 6.45) is -0.137. The lowest BCUT2D eigenvalue weighted by Crippen LogP contribution is -2.11. The zero-order valence-corrected chi connectivity index (χ0v) is 10.7. The van der Waals surface area contributed by atoms with Gasteiger partial charge in [-0.1, -0.05) is 42.0 Å². The van der Waals surface area contributed by atoms with Crippen LogP contribution in [0.5, 0.6) is 0 Å². The zero-order valence-electron chi connectivity index (χ0n) is 10.7. The van der Waals surface area contributed by atoms with Gasteiger partial charge in [-0.25, -0.2) is 0 Å². The summed E-state index contributed by atoms with van der Waals surface area (Å²) in [7, 11) is 0. The van der Waals surface area contributed by atoms with Crippen molar-refractivity contribution in [2.24, 2.45) is 0 Å². The Balaban J connectivity index is 2.39. The molecule has 0 saturated heterocycles. The van der Waals surface area contributed by atoms with Crippen molar-refractivity contribution in [3.8, 4) is 17.2 Å². The molecule has 19 heavy (non-hydrogen) atoms. The van der Waals surface area contributed by atoms with Gasteiger partial charge in [-0.05, 0) is 24.6 Å². The molecule has 0 aliphatic carbocycles. The Labute approximate surface area is 112 Å². The summed E-state index contributed by atoms with van der Waals surface area (Å²) in [5.41, 5.74) is 3.86. The van der Waals surface area contributed by atoms with Crippen molar-refractivity contribution in [1.82, 2.24) is 0 Å². The van der Waals surface area contributed by atoms with Crippen LogP contribution in [0.25, 0.3) is 11.1 Å². The Morgan fingerprint density at radius 2 is 1.95 bits per heavy atom. The van der Waals surface area contributed by atoms with Gasteiger partial charge in [0.25, 0.3) is 0 Å². The maximum atomic E-state index is 11.5. The number of aryl methyl sites for hydroxylation is 1. The molecular weight excluding hydrogens is 236 g/mol. The average Bonchev–Trinajstić information content (AvgIpc) is 2.42. The molecule has 0 atom stereocenters. The number of nitrogens with one attached hydrogen (secondary N) is 1. The highest BCUT2D eigenvalue weighted by Crippen LogP contribution is 2.29. The number of carbonyl (C=O) groups is 1. The summed E-state index contributed by atoms with van der Waals surface area (Å²) in [5.74, 6) is -0.288. The molecule has 3 nitrogen and oxygen atoms in total. The lowest BCUT2D eigenvalue weighted by molar-refractivity contribution is -0.115. The highest BCUT2D eigenvalue weighted by molar-refractivity contribution is 5.96. The Bertz CT molecular complexity index is 627. The first-order valence-corrected chi connectivity index (χ1v) is 6.03. The van der Waals surface area contributed by atoms with Crippen molar-refractivity contribution in [2.75, 3.05) is 5.32 Å². The second-order valence-electron chi connectivity index (χ2n) is 4.30. The first-order valence-electron chi connectivity index (χ1n) is 6.03. The molecule has 0 fully saturated rings. The van der Waals surface area contributed by atoms with E-state index in [2.05, 4.69) is 5.32 Å². The van der Waals surface area contributed by atoms with Crippen molar-refractivity contribution in [1.29, 1.82) is 5.26 Å². The number of anilines is 1. The second-order valence-corrected chi connectivity index (χ2v) is 4.30. The number of hydrogen-bond donors (Lipinski definition) is 1. The van der Waals surface area contributed by atoms with Gasteiger partial charge < -0.3 is 5.32 Å². The van der Waals surface area contributed by atoms with E-state index in [1.54, 1.807) is 0 Å². The predicted molar refractivity (Wildman–Crippen MR) is 75.5 cm³/mol. The lowest BCUT2D eigenvalue weighted by atomic mass is 10.0. The van der Waals surface area contributed by atoms with E-state index >= 15 is 0 Å². The van der Waals surface area contributed by atoms with Crippen LogP contribution < -0.4 is 5.32 Å². The van der Waals surface area contributed by atoms with Crippen LogP contribution in [-0.2, 0) is 4.79 Å². The molecule has 2 aromatic carbocycles. The summed E-state index contributed by atoms with van der Waals surface area (Å²) in [6, 6.07) is 17.5. The van der Waals surface area contributed by atoms with Crippen LogP contribution in [0, 0.1) is 18.3 Å². The highest BCUT2D eigenvalue weighted by atomic mass is 16.1. The first-order chi connectivity index (χ1) is 9.20. The van der Waals surface area contributed by atoms with Crippen molar-refractivity contribution in [2.45, 2.75) is 13.3 Å². The summed E-state index contributed by atoms with van der Waals surface area (Å²) in [5, 5.41) is 11.3. The zero-order chi connectivity index (χ0) is 13.7. The van der Waals surface area contributed by atoms with Crippen LogP contribution >= 0.6 is 0 Å². The lowest BCUT2D eigenvalue weighted by Gasteiger charge is -2.11. The Morgan fingerprint density at radius 1 is 1.21 bits per heavy atom. The molecule has 0 aromatic heterocycles. The van der Waals surface area contributed by atoms with Gasteiger partial charge in [-0.3, -0.25) is 4.79 Å². The SMILES string of the molecule is Cc1ccc(NC(=O)CC#N)c(-c2ccccc2)c1. The number of nitriles is 1. The molecule has 1 N–H and O–H groups in total. The minimum Gasteiger partial charge on any atom is -0.325 e. The monoisotopic (exact) mass is 250 g/mol. The molecule has 94 valence electrons. The molecule has 0 radical (unpaired) electrons. The molecule has 0 saturated carbocycles. The van der Waals surface area contributed by atoms with Crippen molar-refractivity contribution in [3.05, 3.63) is 54.1 Å². The quantitative estimate of drug-likeness (QED) is 0.906. The van der Waals surface area contributed by atoms with Gasteiger partial charge in [0.05, 0.1) is 6.07 Å². The number of hydrogen-bond acceptors (Lipinski definition) is 2. The Hall–Kier alpha value is -2.60. The smallest absolute Gasteiger partial charge is 0.238 e. The first kappa shape index (κ1) is 12.8. The maximum absolute atomic E-state index is 11.5. The number of nitrogens with zero attached hydrogens (tertiary/aromatic N) is 1. The van der Waals surface area contributed by atoms with Crippen LogP contribution in [0.2, 0.25) is 0 Å². The van der Waals surface area contributed by atoms with Crippen LogP contribution in [0.3, 0.4) is 0 Å². The highest BCUT2D eigenvalue weighted by Gasteiger charge is 2.08. The number of amides is 1. The predicted octanol–water partition coefficient (Wildman–Crippen LogP) is 3.51. The second kappa shape index (κ2) is 5.83. The van der Waals surface area contributed by atoms with E-state index in [0.717, 1.165) is 22.4 Å². The number of benzene rings is 2. The van der Waals surface area contributed by atoms with Gasteiger partial charge in [0.15, 0.2) is 0 Å². The van der Waals surface area contributed by atoms with Gasteiger partial charge in [0.1, 0.15) is 6.42 Å². The van der Waals surface area contributed by atoms with E-state index in [1.807, 2.05) is 61.5 Å². The molecule has 0 aliphatic rings. The molecule has 0 aliphatic heterocycles. The summed E-state index contributed by atoms with van der Waals surface area (Å²) in [6.45, 7) is 2.01. The van der Waals surface area contributed by atoms with Crippen LogP contribution in [-0.4, -0.2) is 5.91 Å². The van der Waals surface area contributed by atoms with Crippen molar-refractivity contribution < 1.29 is 4.79 Å². The Kier molecular flexibility index (Phi) is 3.94.